The number of anilines is 1. The molecule has 10 nitrogen and oxygen atoms in total. The number of para-hydroxylation sites is 1. The van der Waals surface area contributed by atoms with Gasteiger partial charge in [-0.15, -0.1) is 0 Å². The minimum absolute atomic E-state index is 0.0168. The fourth-order valence-electron chi connectivity index (χ4n) is 3.66. The fraction of sp³-hybridized carbons (Fsp3) is 0.231. The lowest BCUT2D eigenvalue weighted by Crippen LogP contribution is -2.26. The number of rotatable bonds is 8. The monoisotopic (exact) mass is 491 g/mol. The van der Waals surface area contributed by atoms with E-state index in [9.17, 15) is 19.6 Å². The van der Waals surface area contributed by atoms with Gasteiger partial charge in [-0.25, -0.2) is 9.59 Å². The lowest BCUT2D eigenvalue weighted by atomic mass is 9.82. The van der Waals surface area contributed by atoms with Crippen LogP contribution in [0.15, 0.2) is 71.3 Å². The summed E-state index contributed by atoms with van der Waals surface area (Å²) in [6.07, 6.45) is 0. The minimum atomic E-state index is -0.911. The van der Waals surface area contributed by atoms with Gasteiger partial charge in [-0.2, -0.15) is 5.26 Å². The third-order valence-electron chi connectivity index (χ3n) is 5.28. The number of amides is 1. The molecule has 10 heteroatoms. The largest absolute Gasteiger partial charge is 0.483 e. The maximum atomic E-state index is 12.5. The Hall–Kier alpha value is -4.78. The number of ether oxygens (including phenoxy) is 4. The van der Waals surface area contributed by atoms with E-state index >= 15 is 0 Å². The molecule has 0 aliphatic carbocycles. The first-order chi connectivity index (χ1) is 17.3. The van der Waals surface area contributed by atoms with Crippen LogP contribution in [0.2, 0.25) is 0 Å². The van der Waals surface area contributed by atoms with E-state index in [1.807, 2.05) is 6.07 Å². The lowest BCUT2D eigenvalue weighted by Gasteiger charge is -2.27. The van der Waals surface area contributed by atoms with Gasteiger partial charge in [0.1, 0.15) is 23.2 Å². The summed E-state index contributed by atoms with van der Waals surface area (Å²) in [7, 11) is 1.22. The summed E-state index contributed by atoms with van der Waals surface area (Å²) in [5.41, 5.74) is 7.31. The molecule has 0 aromatic heterocycles. The summed E-state index contributed by atoms with van der Waals surface area (Å²) in [6.45, 7) is 3.16. The second-order valence-corrected chi connectivity index (χ2v) is 7.56. The number of carbonyl (C=O) groups is 3. The van der Waals surface area contributed by atoms with E-state index in [-0.39, 0.29) is 41.8 Å². The van der Waals surface area contributed by atoms with Gasteiger partial charge < -0.3 is 30.0 Å². The molecule has 3 N–H and O–H groups in total. The number of nitrogens with one attached hydrogen (secondary N) is 1. The molecule has 1 aliphatic heterocycles. The standard InChI is InChI=1S/C26H25N3O7/c1-4-34-25(31)16-9-11-17(12-10-16)29-21(30)14-35-20-8-6-5-7-18(20)23-19(13-27)24(28)36-15(2)22(23)26(32)33-3/h5-12,23H,4,14,28H2,1-3H3,(H,29,30)/t23-/m1/s1. The predicted octanol–water partition coefficient (Wildman–Crippen LogP) is 3.14. The SMILES string of the molecule is CCOC(=O)c1ccc(NC(=O)COc2ccccc2[C@@H]2C(C#N)=C(N)OC(C)=C2C(=O)OC)cc1. The highest BCUT2D eigenvalue weighted by molar-refractivity contribution is 5.94. The summed E-state index contributed by atoms with van der Waals surface area (Å²) < 4.78 is 21.0. The van der Waals surface area contributed by atoms with Crippen molar-refractivity contribution in [3.63, 3.8) is 0 Å². The number of nitriles is 1. The van der Waals surface area contributed by atoms with Crippen LogP contribution < -0.4 is 15.8 Å². The molecule has 0 unspecified atom stereocenters. The quantitative estimate of drug-likeness (QED) is 0.531. The number of nitrogens with zero attached hydrogens (tertiary/aromatic N) is 1. The molecule has 0 saturated carbocycles. The summed E-state index contributed by atoms with van der Waals surface area (Å²) in [4.78, 5) is 36.8. The molecule has 0 fully saturated rings. The van der Waals surface area contributed by atoms with E-state index in [0.29, 0.717) is 16.8 Å². The van der Waals surface area contributed by atoms with Crippen LogP contribution in [0.1, 0.15) is 35.7 Å². The first-order valence-electron chi connectivity index (χ1n) is 11.0. The van der Waals surface area contributed by atoms with Crippen molar-refractivity contribution < 1.29 is 33.3 Å². The third kappa shape index (κ3) is 5.64. The number of hydrogen-bond acceptors (Lipinski definition) is 9. The molecule has 0 radical (unpaired) electrons. The molecule has 186 valence electrons. The van der Waals surface area contributed by atoms with Crippen LogP contribution in [0.4, 0.5) is 5.69 Å². The Morgan fingerprint density at radius 3 is 2.44 bits per heavy atom. The number of benzene rings is 2. The predicted molar refractivity (Wildman–Crippen MR) is 128 cm³/mol. The van der Waals surface area contributed by atoms with Crippen molar-refractivity contribution in [1.29, 1.82) is 5.26 Å². The van der Waals surface area contributed by atoms with Gasteiger partial charge in [0, 0.05) is 11.3 Å². The van der Waals surface area contributed by atoms with Crippen molar-refractivity contribution in [2.24, 2.45) is 5.73 Å². The summed E-state index contributed by atoms with van der Waals surface area (Å²) in [6, 6.07) is 14.9. The maximum Gasteiger partial charge on any atom is 0.338 e. The second kappa shape index (κ2) is 11.6. The Morgan fingerprint density at radius 1 is 1.11 bits per heavy atom. The van der Waals surface area contributed by atoms with E-state index in [1.165, 1.54) is 19.2 Å². The molecule has 1 heterocycles. The highest BCUT2D eigenvalue weighted by Crippen LogP contribution is 2.42. The summed E-state index contributed by atoms with van der Waals surface area (Å²) in [5.74, 6) is -2.18. The summed E-state index contributed by atoms with van der Waals surface area (Å²) >= 11 is 0. The van der Waals surface area contributed by atoms with Crippen molar-refractivity contribution in [3.8, 4) is 11.8 Å². The lowest BCUT2D eigenvalue weighted by molar-refractivity contribution is -0.136. The number of esters is 2. The zero-order valence-corrected chi connectivity index (χ0v) is 20.0. The van der Waals surface area contributed by atoms with Gasteiger partial charge in [0.25, 0.3) is 5.91 Å². The number of carbonyl (C=O) groups excluding carboxylic acids is 3. The molecule has 1 aliphatic rings. The highest BCUT2D eigenvalue weighted by Gasteiger charge is 2.37. The topological polar surface area (TPSA) is 150 Å². The molecule has 2 aromatic rings. The molecule has 0 spiro atoms. The molecule has 2 aromatic carbocycles. The number of nitrogens with two attached hydrogens (primary N) is 1. The maximum absolute atomic E-state index is 12.5. The zero-order valence-electron chi connectivity index (χ0n) is 20.0. The van der Waals surface area contributed by atoms with Crippen molar-refractivity contribution in [1.82, 2.24) is 0 Å². The number of allylic oxidation sites excluding steroid dienone is 2. The van der Waals surface area contributed by atoms with Crippen LogP contribution in [0.5, 0.6) is 5.75 Å². The fourth-order valence-corrected chi connectivity index (χ4v) is 3.66. The Balaban J connectivity index is 1.80. The Kier molecular flexibility index (Phi) is 8.30. The average molecular weight is 492 g/mol. The van der Waals surface area contributed by atoms with Gasteiger partial charge in [0.05, 0.1) is 30.8 Å². The smallest absolute Gasteiger partial charge is 0.338 e. The normalized spacial score (nSPS) is 14.9. The van der Waals surface area contributed by atoms with Crippen molar-refractivity contribution in [3.05, 3.63) is 82.4 Å². The van der Waals surface area contributed by atoms with E-state index < -0.39 is 23.8 Å². The summed E-state index contributed by atoms with van der Waals surface area (Å²) in [5, 5.41) is 12.4. The van der Waals surface area contributed by atoms with E-state index in [2.05, 4.69) is 5.32 Å². The minimum Gasteiger partial charge on any atom is -0.483 e. The molecule has 3 rings (SSSR count). The van der Waals surface area contributed by atoms with Gasteiger partial charge in [-0.05, 0) is 44.2 Å². The van der Waals surface area contributed by atoms with Gasteiger partial charge >= 0.3 is 11.9 Å². The van der Waals surface area contributed by atoms with E-state index in [0.717, 1.165) is 0 Å². The van der Waals surface area contributed by atoms with Crippen LogP contribution in [0, 0.1) is 11.3 Å². The van der Waals surface area contributed by atoms with Gasteiger partial charge in [-0.3, -0.25) is 4.79 Å². The molecule has 1 amide bonds. The van der Waals surface area contributed by atoms with Crippen LogP contribution >= 0.6 is 0 Å². The second-order valence-electron chi connectivity index (χ2n) is 7.56. The zero-order chi connectivity index (χ0) is 26.2. The van der Waals surface area contributed by atoms with Gasteiger partial charge in [0.2, 0.25) is 5.88 Å². The highest BCUT2D eigenvalue weighted by atomic mass is 16.5. The van der Waals surface area contributed by atoms with Crippen LogP contribution in [-0.2, 0) is 23.8 Å². The molecule has 1 atom stereocenters. The van der Waals surface area contributed by atoms with Crippen molar-refractivity contribution >= 4 is 23.5 Å². The Morgan fingerprint density at radius 2 is 1.81 bits per heavy atom. The molecule has 0 saturated heterocycles. The van der Waals surface area contributed by atoms with Crippen LogP contribution in [0.3, 0.4) is 0 Å². The first-order valence-corrected chi connectivity index (χ1v) is 11.0. The number of hydrogen-bond donors (Lipinski definition) is 2. The molecule has 0 bridgehead atoms. The molecular formula is C26H25N3O7. The average Bonchev–Trinajstić information content (AvgIpc) is 2.87. The Bertz CT molecular complexity index is 1270. The third-order valence-corrected chi connectivity index (χ3v) is 5.28. The first kappa shape index (κ1) is 25.8. The Labute approximate surface area is 207 Å². The van der Waals surface area contributed by atoms with Crippen molar-refractivity contribution in [2.75, 3.05) is 25.6 Å². The van der Waals surface area contributed by atoms with Gasteiger partial charge in [0.15, 0.2) is 6.61 Å². The number of methoxy groups -OCH3 is 1. The van der Waals surface area contributed by atoms with Crippen LogP contribution in [0.25, 0.3) is 0 Å². The van der Waals surface area contributed by atoms with Gasteiger partial charge in [-0.1, -0.05) is 18.2 Å². The molecular weight excluding hydrogens is 466 g/mol. The van der Waals surface area contributed by atoms with E-state index in [4.69, 9.17) is 24.7 Å². The van der Waals surface area contributed by atoms with Crippen LogP contribution in [-0.4, -0.2) is 38.2 Å². The molecule has 36 heavy (non-hydrogen) atoms. The van der Waals surface area contributed by atoms with E-state index in [1.54, 1.807) is 50.2 Å². The van der Waals surface area contributed by atoms with Crippen molar-refractivity contribution in [2.45, 2.75) is 19.8 Å².